The number of carbonyl (C=O) groups excluding carboxylic acids is 1. The van der Waals surface area contributed by atoms with E-state index in [0.29, 0.717) is 11.6 Å². The van der Waals surface area contributed by atoms with Crippen LogP contribution >= 0.6 is 11.6 Å². The molecule has 0 spiro atoms. The molecular formula is C10H16ClN3O. The van der Waals surface area contributed by atoms with Crippen LogP contribution in [0.4, 0.5) is 0 Å². The van der Waals surface area contributed by atoms with Gasteiger partial charge in [0.1, 0.15) is 5.69 Å². The fraction of sp³-hybridized carbons (Fsp3) is 0.600. The predicted molar refractivity (Wildman–Crippen MR) is 60.1 cm³/mol. The molecule has 0 unspecified atom stereocenters. The Morgan fingerprint density at radius 2 is 2.27 bits per heavy atom. The van der Waals surface area contributed by atoms with Crippen molar-refractivity contribution in [2.24, 2.45) is 7.05 Å². The molecule has 0 aliphatic carbocycles. The van der Waals surface area contributed by atoms with E-state index in [1.54, 1.807) is 35.9 Å². The van der Waals surface area contributed by atoms with Gasteiger partial charge < -0.3 is 4.90 Å². The topological polar surface area (TPSA) is 38.1 Å². The molecule has 0 saturated heterocycles. The van der Waals surface area contributed by atoms with Gasteiger partial charge in [-0.25, -0.2) is 0 Å². The lowest BCUT2D eigenvalue weighted by Crippen LogP contribution is -2.46. The van der Waals surface area contributed by atoms with Crippen molar-refractivity contribution in [1.82, 2.24) is 14.7 Å². The highest BCUT2D eigenvalue weighted by Crippen LogP contribution is 2.16. The van der Waals surface area contributed by atoms with Crippen LogP contribution in [0.25, 0.3) is 0 Å². The monoisotopic (exact) mass is 229 g/mol. The maximum atomic E-state index is 12.0. The van der Waals surface area contributed by atoms with Crippen molar-refractivity contribution in [3.63, 3.8) is 0 Å². The largest absolute Gasteiger partial charge is 0.334 e. The van der Waals surface area contributed by atoms with Crippen LogP contribution < -0.4 is 0 Å². The quantitative estimate of drug-likeness (QED) is 0.737. The number of halogens is 1. The normalized spacial score (nSPS) is 11.5. The molecule has 0 radical (unpaired) electrons. The summed E-state index contributed by atoms with van der Waals surface area (Å²) < 4.78 is 1.56. The van der Waals surface area contributed by atoms with Crippen molar-refractivity contribution < 1.29 is 4.79 Å². The van der Waals surface area contributed by atoms with Crippen LogP contribution in [0.1, 0.15) is 24.3 Å². The van der Waals surface area contributed by atoms with Crippen LogP contribution in [-0.2, 0) is 7.05 Å². The minimum atomic E-state index is -0.358. The molecule has 0 aliphatic heterocycles. The Morgan fingerprint density at radius 1 is 1.67 bits per heavy atom. The van der Waals surface area contributed by atoms with Crippen molar-refractivity contribution in [1.29, 1.82) is 0 Å². The lowest BCUT2D eigenvalue weighted by molar-refractivity contribution is 0.0649. The van der Waals surface area contributed by atoms with E-state index in [-0.39, 0.29) is 11.4 Å². The van der Waals surface area contributed by atoms with Crippen molar-refractivity contribution >= 4 is 17.5 Å². The molecule has 1 heterocycles. The summed E-state index contributed by atoms with van der Waals surface area (Å²) in [4.78, 5) is 13.7. The van der Waals surface area contributed by atoms with Crippen LogP contribution in [0.3, 0.4) is 0 Å². The number of alkyl halides is 1. The molecule has 1 amide bonds. The van der Waals surface area contributed by atoms with E-state index in [0.717, 1.165) is 0 Å². The average Bonchev–Trinajstić information content (AvgIpc) is 2.62. The molecule has 0 aliphatic rings. The summed E-state index contributed by atoms with van der Waals surface area (Å²) in [5.41, 5.74) is 0.207. The van der Waals surface area contributed by atoms with E-state index in [9.17, 15) is 4.79 Å². The van der Waals surface area contributed by atoms with Crippen molar-refractivity contribution in [2.75, 3.05) is 12.9 Å². The molecule has 84 valence electrons. The van der Waals surface area contributed by atoms with E-state index in [1.165, 1.54) is 0 Å². The Hall–Kier alpha value is -1.03. The Balaban J connectivity index is 2.92. The smallest absolute Gasteiger partial charge is 0.272 e. The lowest BCUT2D eigenvalue weighted by atomic mass is 10.1. The van der Waals surface area contributed by atoms with Crippen LogP contribution in [0, 0.1) is 0 Å². The molecule has 1 aromatic rings. The molecule has 0 aromatic carbocycles. The van der Waals surface area contributed by atoms with Gasteiger partial charge in [-0.3, -0.25) is 9.48 Å². The van der Waals surface area contributed by atoms with Gasteiger partial charge in [-0.2, -0.15) is 5.10 Å². The average molecular weight is 230 g/mol. The zero-order valence-corrected chi connectivity index (χ0v) is 10.2. The highest BCUT2D eigenvalue weighted by molar-refractivity contribution is 6.18. The molecular weight excluding hydrogens is 214 g/mol. The number of hydrogen-bond acceptors (Lipinski definition) is 2. The standard InChI is InChI=1S/C10H16ClN3O/c1-10(2,7-11)13(3)9(15)8-5-6-12-14(8)4/h5-6H,7H2,1-4H3. The third-order valence-electron chi connectivity index (χ3n) is 2.58. The number of aryl methyl sites for hydroxylation is 1. The summed E-state index contributed by atoms with van der Waals surface area (Å²) in [7, 11) is 3.49. The zero-order chi connectivity index (χ0) is 11.6. The summed E-state index contributed by atoms with van der Waals surface area (Å²) in [5.74, 6) is 0.327. The first-order valence-corrected chi connectivity index (χ1v) is 5.25. The van der Waals surface area contributed by atoms with E-state index in [2.05, 4.69) is 5.10 Å². The third kappa shape index (κ3) is 2.31. The molecule has 0 bridgehead atoms. The van der Waals surface area contributed by atoms with Gasteiger partial charge in [0.15, 0.2) is 0 Å². The van der Waals surface area contributed by atoms with Crippen molar-refractivity contribution in [3.8, 4) is 0 Å². The highest BCUT2D eigenvalue weighted by atomic mass is 35.5. The summed E-state index contributed by atoms with van der Waals surface area (Å²) >= 11 is 5.82. The van der Waals surface area contributed by atoms with E-state index in [1.807, 2.05) is 13.8 Å². The maximum Gasteiger partial charge on any atom is 0.272 e. The van der Waals surface area contributed by atoms with Gasteiger partial charge in [0.05, 0.1) is 5.54 Å². The van der Waals surface area contributed by atoms with Crippen LogP contribution in [0.15, 0.2) is 12.3 Å². The Labute approximate surface area is 94.8 Å². The molecule has 4 nitrogen and oxygen atoms in total. The third-order valence-corrected chi connectivity index (χ3v) is 3.23. The van der Waals surface area contributed by atoms with Gasteiger partial charge in [0.2, 0.25) is 0 Å². The van der Waals surface area contributed by atoms with Gasteiger partial charge in [-0.1, -0.05) is 0 Å². The van der Waals surface area contributed by atoms with Crippen molar-refractivity contribution in [3.05, 3.63) is 18.0 Å². The van der Waals surface area contributed by atoms with E-state index < -0.39 is 0 Å². The fourth-order valence-electron chi connectivity index (χ4n) is 1.12. The number of rotatable bonds is 3. The summed E-state index contributed by atoms with van der Waals surface area (Å²) in [5, 5.41) is 3.96. The number of hydrogen-bond donors (Lipinski definition) is 0. The Morgan fingerprint density at radius 3 is 2.67 bits per heavy atom. The number of amides is 1. The molecule has 1 aromatic heterocycles. The molecule has 5 heteroatoms. The van der Waals surface area contributed by atoms with E-state index >= 15 is 0 Å². The number of carbonyl (C=O) groups is 1. The second kappa shape index (κ2) is 4.23. The minimum Gasteiger partial charge on any atom is -0.334 e. The fourth-order valence-corrected chi connectivity index (χ4v) is 1.30. The van der Waals surface area contributed by atoms with Gasteiger partial charge in [-0.05, 0) is 19.9 Å². The second-order valence-electron chi connectivity index (χ2n) is 4.15. The van der Waals surface area contributed by atoms with Crippen LogP contribution in [0.5, 0.6) is 0 Å². The Bertz CT molecular complexity index is 359. The predicted octanol–water partition coefficient (Wildman–Crippen LogP) is 1.51. The van der Waals surface area contributed by atoms with Crippen molar-refractivity contribution in [2.45, 2.75) is 19.4 Å². The summed E-state index contributed by atoms with van der Waals surface area (Å²) in [6, 6.07) is 1.70. The zero-order valence-electron chi connectivity index (χ0n) is 9.49. The first-order valence-electron chi connectivity index (χ1n) is 4.72. The number of aromatic nitrogens is 2. The molecule has 0 N–H and O–H groups in total. The van der Waals surface area contributed by atoms with Gasteiger partial charge in [0, 0.05) is 26.2 Å². The first kappa shape index (κ1) is 12.0. The first-order chi connectivity index (χ1) is 6.90. The maximum absolute atomic E-state index is 12.0. The van der Waals surface area contributed by atoms with Gasteiger partial charge in [0.25, 0.3) is 5.91 Å². The second-order valence-corrected chi connectivity index (χ2v) is 4.42. The number of nitrogens with zero attached hydrogens (tertiary/aromatic N) is 3. The van der Waals surface area contributed by atoms with Gasteiger partial charge >= 0.3 is 0 Å². The molecule has 15 heavy (non-hydrogen) atoms. The summed E-state index contributed by atoms with van der Waals surface area (Å²) in [6.07, 6.45) is 1.61. The van der Waals surface area contributed by atoms with Crippen LogP contribution in [0.2, 0.25) is 0 Å². The van der Waals surface area contributed by atoms with E-state index in [4.69, 9.17) is 11.6 Å². The van der Waals surface area contributed by atoms with Gasteiger partial charge in [-0.15, -0.1) is 11.6 Å². The lowest BCUT2D eigenvalue weighted by Gasteiger charge is -2.33. The van der Waals surface area contributed by atoms with Crippen LogP contribution in [-0.4, -0.2) is 39.1 Å². The Kier molecular flexibility index (Phi) is 3.39. The SMILES string of the molecule is CN(C(=O)c1ccnn1C)C(C)(C)CCl. The summed E-state index contributed by atoms with van der Waals surface area (Å²) in [6.45, 7) is 3.85. The highest BCUT2D eigenvalue weighted by Gasteiger charge is 2.28. The molecule has 1 rings (SSSR count). The molecule has 0 saturated carbocycles. The minimum absolute atomic E-state index is 0.0688. The molecule has 0 fully saturated rings. The molecule has 0 atom stereocenters.